The van der Waals surface area contributed by atoms with Gasteiger partial charge >= 0.3 is 0 Å². The number of aryl methyl sites for hydroxylation is 1. The monoisotopic (exact) mass is 191 g/mol. The van der Waals surface area contributed by atoms with Crippen LogP contribution in [0.3, 0.4) is 0 Å². The van der Waals surface area contributed by atoms with E-state index in [4.69, 9.17) is 10.5 Å². The van der Waals surface area contributed by atoms with E-state index < -0.39 is 0 Å². The maximum Gasteiger partial charge on any atom is 0.125 e. The van der Waals surface area contributed by atoms with E-state index in [0.717, 1.165) is 31.6 Å². The molecule has 14 heavy (non-hydrogen) atoms. The second kappa shape index (κ2) is 4.47. The molecule has 0 bridgehead atoms. The van der Waals surface area contributed by atoms with E-state index >= 15 is 0 Å². The highest BCUT2D eigenvalue weighted by Crippen LogP contribution is 2.28. The number of fused-ring (bicyclic) bond motifs is 1. The molecule has 0 saturated heterocycles. The van der Waals surface area contributed by atoms with Crippen LogP contribution in [0.15, 0.2) is 18.2 Å². The highest BCUT2D eigenvalue weighted by atomic mass is 16.5. The fraction of sp³-hybridized carbons (Fsp3) is 0.500. The maximum absolute atomic E-state index is 5.78. The predicted molar refractivity (Wildman–Crippen MR) is 57.6 cm³/mol. The molecular formula is C12H17NO. The summed E-state index contributed by atoms with van der Waals surface area (Å²) in [5.41, 5.74) is 8.20. The number of hydrogen-bond donors (Lipinski definition) is 1. The molecule has 1 heterocycles. The number of hydrogen-bond acceptors (Lipinski definition) is 2. The van der Waals surface area contributed by atoms with Gasteiger partial charge in [0.2, 0.25) is 0 Å². The maximum atomic E-state index is 5.78. The third kappa shape index (κ3) is 1.90. The summed E-state index contributed by atoms with van der Waals surface area (Å²) in [4.78, 5) is 0. The lowest BCUT2D eigenvalue weighted by Crippen LogP contribution is -2.06. The van der Waals surface area contributed by atoms with Gasteiger partial charge < -0.3 is 10.5 Å². The second-order valence-electron chi connectivity index (χ2n) is 3.75. The molecule has 0 saturated carbocycles. The third-order valence-electron chi connectivity index (χ3n) is 2.68. The van der Waals surface area contributed by atoms with Crippen molar-refractivity contribution in [3.8, 4) is 5.75 Å². The van der Waals surface area contributed by atoms with Gasteiger partial charge in [0.25, 0.3) is 0 Å². The summed E-state index contributed by atoms with van der Waals surface area (Å²) < 4.78 is 5.78. The molecule has 2 rings (SSSR count). The average molecular weight is 191 g/mol. The summed E-state index contributed by atoms with van der Waals surface area (Å²) in [6, 6.07) is 6.40. The summed E-state index contributed by atoms with van der Waals surface area (Å²) >= 11 is 0. The van der Waals surface area contributed by atoms with Crippen molar-refractivity contribution in [2.45, 2.75) is 25.7 Å². The Morgan fingerprint density at radius 1 is 1.29 bits per heavy atom. The first kappa shape index (κ1) is 9.53. The molecule has 0 fully saturated rings. The summed E-state index contributed by atoms with van der Waals surface area (Å²) in [6.45, 7) is 1.55. The van der Waals surface area contributed by atoms with E-state index in [9.17, 15) is 0 Å². The van der Waals surface area contributed by atoms with Gasteiger partial charge in [-0.05, 0) is 43.4 Å². The summed E-state index contributed by atoms with van der Waals surface area (Å²) in [5, 5.41) is 0. The Kier molecular flexibility index (Phi) is 3.04. The fourth-order valence-electron chi connectivity index (χ4n) is 1.96. The molecule has 0 radical (unpaired) electrons. The van der Waals surface area contributed by atoms with Crippen LogP contribution >= 0.6 is 0 Å². The number of para-hydroxylation sites is 1. The van der Waals surface area contributed by atoms with Crippen molar-refractivity contribution in [2.24, 2.45) is 5.73 Å². The molecule has 1 aliphatic rings. The van der Waals surface area contributed by atoms with Gasteiger partial charge in [-0.1, -0.05) is 18.2 Å². The molecule has 0 spiro atoms. The summed E-state index contributed by atoms with van der Waals surface area (Å²) in [7, 11) is 0. The first-order valence-electron chi connectivity index (χ1n) is 5.35. The van der Waals surface area contributed by atoms with Crippen LogP contribution in [0.1, 0.15) is 24.0 Å². The predicted octanol–water partition coefficient (Wildman–Crippen LogP) is 1.90. The zero-order valence-electron chi connectivity index (χ0n) is 8.46. The third-order valence-corrected chi connectivity index (χ3v) is 2.68. The standard InChI is InChI=1S/C12H17NO/c13-8-7-11-6-3-5-10-4-1-2-9-14-12(10)11/h3,5-6H,1-2,4,7-9,13H2. The SMILES string of the molecule is NCCc1cccc2c1OCCCC2. The highest BCUT2D eigenvalue weighted by Gasteiger charge is 2.11. The Bertz CT molecular complexity index is 309. The number of benzene rings is 1. The fourth-order valence-corrected chi connectivity index (χ4v) is 1.96. The van der Waals surface area contributed by atoms with Crippen molar-refractivity contribution in [3.63, 3.8) is 0 Å². The lowest BCUT2D eigenvalue weighted by Gasteiger charge is -2.11. The second-order valence-corrected chi connectivity index (χ2v) is 3.75. The zero-order valence-corrected chi connectivity index (χ0v) is 8.46. The van der Waals surface area contributed by atoms with Crippen LogP contribution in [0.5, 0.6) is 5.75 Å². The largest absolute Gasteiger partial charge is 0.493 e. The molecule has 0 atom stereocenters. The van der Waals surface area contributed by atoms with Gasteiger partial charge in [-0.3, -0.25) is 0 Å². The molecule has 1 aromatic carbocycles. The van der Waals surface area contributed by atoms with Gasteiger partial charge in [0.05, 0.1) is 6.61 Å². The number of ether oxygens (including phenoxy) is 1. The van der Waals surface area contributed by atoms with Crippen molar-refractivity contribution in [1.82, 2.24) is 0 Å². The van der Waals surface area contributed by atoms with Crippen LogP contribution in [-0.4, -0.2) is 13.2 Å². The summed E-state index contributed by atoms with van der Waals surface area (Å²) in [5.74, 6) is 1.11. The van der Waals surface area contributed by atoms with Crippen LogP contribution < -0.4 is 10.5 Å². The normalized spacial score (nSPS) is 15.5. The van der Waals surface area contributed by atoms with Crippen molar-refractivity contribution >= 4 is 0 Å². The molecule has 2 nitrogen and oxygen atoms in total. The quantitative estimate of drug-likeness (QED) is 0.775. The van der Waals surface area contributed by atoms with E-state index in [-0.39, 0.29) is 0 Å². The van der Waals surface area contributed by atoms with Gasteiger partial charge in [0.15, 0.2) is 0 Å². The lowest BCUT2D eigenvalue weighted by molar-refractivity contribution is 0.314. The minimum absolute atomic E-state index is 0.694. The Morgan fingerprint density at radius 2 is 2.21 bits per heavy atom. The molecule has 0 aliphatic carbocycles. The highest BCUT2D eigenvalue weighted by molar-refractivity contribution is 5.42. The Hall–Kier alpha value is -1.02. The van der Waals surface area contributed by atoms with E-state index in [1.165, 1.54) is 17.5 Å². The first-order chi connectivity index (χ1) is 6.92. The van der Waals surface area contributed by atoms with Gasteiger partial charge in [0, 0.05) is 0 Å². The van der Waals surface area contributed by atoms with Crippen molar-refractivity contribution in [2.75, 3.05) is 13.2 Å². The van der Waals surface area contributed by atoms with Crippen molar-refractivity contribution in [3.05, 3.63) is 29.3 Å². The number of nitrogens with two attached hydrogens (primary N) is 1. The van der Waals surface area contributed by atoms with Crippen LogP contribution in [0.2, 0.25) is 0 Å². The Morgan fingerprint density at radius 3 is 3.07 bits per heavy atom. The van der Waals surface area contributed by atoms with E-state index in [2.05, 4.69) is 18.2 Å². The van der Waals surface area contributed by atoms with Gasteiger partial charge in [-0.2, -0.15) is 0 Å². The average Bonchev–Trinajstić information content (AvgIpc) is 2.44. The van der Waals surface area contributed by atoms with Gasteiger partial charge in [0.1, 0.15) is 5.75 Å². The Labute approximate surface area is 85.1 Å². The molecule has 0 aromatic heterocycles. The minimum atomic E-state index is 0.694. The lowest BCUT2D eigenvalue weighted by atomic mass is 10.0. The minimum Gasteiger partial charge on any atom is -0.493 e. The topological polar surface area (TPSA) is 35.2 Å². The molecule has 1 aliphatic heterocycles. The van der Waals surface area contributed by atoms with E-state index in [1.807, 2.05) is 0 Å². The Balaban J connectivity index is 2.32. The molecule has 2 heteroatoms. The number of rotatable bonds is 2. The summed E-state index contributed by atoms with van der Waals surface area (Å²) in [6.07, 6.45) is 4.47. The molecule has 2 N–H and O–H groups in total. The molecule has 1 aromatic rings. The van der Waals surface area contributed by atoms with Crippen LogP contribution in [-0.2, 0) is 12.8 Å². The molecule has 0 unspecified atom stereocenters. The van der Waals surface area contributed by atoms with Crippen molar-refractivity contribution in [1.29, 1.82) is 0 Å². The molecule has 76 valence electrons. The van der Waals surface area contributed by atoms with Gasteiger partial charge in [-0.25, -0.2) is 0 Å². The van der Waals surface area contributed by atoms with Crippen LogP contribution in [0.4, 0.5) is 0 Å². The molecule has 0 amide bonds. The smallest absolute Gasteiger partial charge is 0.125 e. The van der Waals surface area contributed by atoms with E-state index in [0.29, 0.717) is 6.54 Å². The van der Waals surface area contributed by atoms with E-state index in [1.54, 1.807) is 0 Å². The van der Waals surface area contributed by atoms with Crippen LogP contribution in [0, 0.1) is 0 Å². The molecular weight excluding hydrogens is 174 g/mol. The van der Waals surface area contributed by atoms with Gasteiger partial charge in [-0.15, -0.1) is 0 Å². The van der Waals surface area contributed by atoms with Crippen LogP contribution in [0.25, 0.3) is 0 Å². The first-order valence-corrected chi connectivity index (χ1v) is 5.35. The zero-order chi connectivity index (χ0) is 9.80. The van der Waals surface area contributed by atoms with Crippen molar-refractivity contribution < 1.29 is 4.74 Å².